The molecule has 2 N–H and O–H groups in total. The van der Waals surface area contributed by atoms with E-state index in [1.807, 2.05) is 35.2 Å². The molecule has 2 aliphatic rings. The summed E-state index contributed by atoms with van der Waals surface area (Å²) < 4.78 is 39.3. The van der Waals surface area contributed by atoms with Gasteiger partial charge in [0, 0.05) is 56.9 Å². The average molecular weight is 481 g/mol. The molecule has 2 aromatic carbocycles. The van der Waals surface area contributed by atoms with Crippen LogP contribution >= 0.6 is 11.6 Å². The molecule has 33 heavy (non-hydrogen) atoms. The van der Waals surface area contributed by atoms with Crippen LogP contribution in [0, 0.1) is 0 Å². The van der Waals surface area contributed by atoms with Gasteiger partial charge in [-0.05, 0) is 35.7 Å². The van der Waals surface area contributed by atoms with Crippen LogP contribution in [-0.2, 0) is 24.1 Å². The van der Waals surface area contributed by atoms with Crippen molar-refractivity contribution in [1.29, 1.82) is 0 Å². The first kappa shape index (κ1) is 24.0. The number of carbonyl (C=O) groups excluding carboxylic acids is 1. The molecule has 0 aliphatic carbocycles. The maximum atomic E-state index is 13.3. The summed E-state index contributed by atoms with van der Waals surface area (Å²) in [6.07, 6.45) is -3.81. The molecule has 4 rings (SSSR count). The van der Waals surface area contributed by atoms with Gasteiger partial charge in [-0.2, -0.15) is 13.2 Å². The molecule has 2 fully saturated rings. The summed E-state index contributed by atoms with van der Waals surface area (Å²) >= 11 is 6.16. The molecule has 0 radical (unpaired) electrons. The van der Waals surface area contributed by atoms with Crippen LogP contribution in [-0.4, -0.2) is 60.5 Å². The standard InChI is InChI=1S/C24H28ClF3N4O/c25-21-7-6-19(24(26,27)28)12-18(21)14-30-20-13-22(23(33)31-10-8-29-9-11-31)32(16-20)15-17-4-2-1-3-5-17/h1-7,12,20,22,29-30H,8-11,13-16H2/t20-,22-/m0/s1. The van der Waals surface area contributed by atoms with Gasteiger partial charge >= 0.3 is 6.18 Å². The van der Waals surface area contributed by atoms with Crippen molar-refractivity contribution in [3.63, 3.8) is 0 Å². The first-order chi connectivity index (χ1) is 15.8. The number of hydrogen-bond donors (Lipinski definition) is 2. The molecule has 2 aromatic rings. The number of likely N-dealkylation sites (tertiary alicyclic amines) is 1. The lowest BCUT2D eigenvalue weighted by atomic mass is 10.1. The van der Waals surface area contributed by atoms with Crippen molar-refractivity contribution >= 4 is 17.5 Å². The lowest BCUT2D eigenvalue weighted by Gasteiger charge is -2.32. The number of amides is 1. The monoisotopic (exact) mass is 480 g/mol. The lowest BCUT2D eigenvalue weighted by molar-refractivity contribution is -0.138. The maximum absolute atomic E-state index is 13.3. The summed E-state index contributed by atoms with van der Waals surface area (Å²) in [5, 5.41) is 6.91. The highest BCUT2D eigenvalue weighted by atomic mass is 35.5. The Morgan fingerprint density at radius 1 is 1.12 bits per heavy atom. The van der Waals surface area contributed by atoms with E-state index in [1.54, 1.807) is 0 Å². The minimum absolute atomic E-state index is 0.0313. The smallest absolute Gasteiger partial charge is 0.339 e. The normalized spacial score (nSPS) is 22.0. The molecular formula is C24H28ClF3N4O. The second-order valence-corrected chi connectivity index (χ2v) is 9.03. The minimum Gasteiger partial charge on any atom is -0.339 e. The number of rotatable bonds is 6. The zero-order chi connectivity index (χ0) is 23.4. The first-order valence-corrected chi connectivity index (χ1v) is 11.6. The number of carbonyl (C=O) groups is 1. The third-order valence-electron chi connectivity index (χ3n) is 6.30. The predicted molar refractivity (Wildman–Crippen MR) is 122 cm³/mol. The summed E-state index contributed by atoms with van der Waals surface area (Å²) in [7, 11) is 0. The lowest BCUT2D eigenvalue weighted by Crippen LogP contribution is -2.52. The minimum atomic E-state index is -4.42. The van der Waals surface area contributed by atoms with Crippen molar-refractivity contribution in [2.75, 3.05) is 32.7 Å². The van der Waals surface area contributed by atoms with Crippen molar-refractivity contribution < 1.29 is 18.0 Å². The highest BCUT2D eigenvalue weighted by Crippen LogP contribution is 2.32. The molecule has 0 spiro atoms. The topological polar surface area (TPSA) is 47.6 Å². The summed E-state index contributed by atoms with van der Waals surface area (Å²) in [5.74, 6) is 0.119. The van der Waals surface area contributed by atoms with E-state index in [9.17, 15) is 18.0 Å². The van der Waals surface area contributed by atoms with Gasteiger partial charge in [0.2, 0.25) is 5.91 Å². The van der Waals surface area contributed by atoms with E-state index in [2.05, 4.69) is 15.5 Å². The van der Waals surface area contributed by atoms with Crippen LogP contribution in [0.2, 0.25) is 5.02 Å². The molecule has 2 saturated heterocycles. The molecule has 0 aromatic heterocycles. The second-order valence-electron chi connectivity index (χ2n) is 8.62. The van der Waals surface area contributed by atoms with Gasteiger partial charge in [-0.1, -0.05) is 41.9 Å². The Hall–Kier alpha value is -2.13. The van der Waals surface area contributed by atoms with Crippen molar-refractivity contribution in [1.82, 2.24) is 20.4 Å². The van der Waals surface area contributed by atoms with Gasteiger partial charge in [-0.3, -0.25) is 9.69 Å². The quantitative estimate of drug-likeness (QED) is 0.664. The van der Waals surface area contributed by atoms with Crippen molar-refractivity contribution in [3.8, 4) is 0 Å². The van der Waals surface area contributed by atoms with Crippen LogP contribution in [0.3, 0.4) is 0 Å². The van der Waals surface area contributed by atoms with Gasteiger partial charge in [0.05, 0.1) is 11.6 Å². The summed E-state index contributed by atoms with van der Waals surface area (Å²) in [6, 6.07) is 13.1. The SMILES string of the molecule is O=C([C@@H]1C[C@H](NCc2cc(C(F)(F)F)ccc2Cl)CN1Cc1ccccc1)N1CCNCC1. The zero-order valence-electron chi connectivity index (χ0n) is 18.2. The molecule has 9 heteroatoms. The molecule has 0 bridgehead atoms. The molecule has 0 saturated carbocycles. The fourth-order valence-electron chi connectivity index (χ4n) is 4.54. The maximum Gasteiger partial charge on any atom is 0.416 e. The number of nitrogens with zero attached hydrogens (tertiary/aromatic N) is 2. The van der Waals surface area contributed by atoms with Gasteiger partial charge in [0.15, 0.2) is 0 Å². The largest absolute Gasteiger partial charge is 0.416 e. The number of hydrogen-bond acceptors (Lipinski definition) is 4. The Kier molecular flexibility index (Phi) is 7.58. The highest BCUT2D eigenvalue weighted by molar-refractivity contribution is 6.31. The average Bonchev–Trinajstić information content (AvgIpc) is 3.21. The van der Waals surface area contributed by atoms with Crippen LogP contribution in [0.4, 0.5) is 13.2 Å². The van der Waals surface area contributed by atoms with E-state index in [4.69, 9.17) is 11.6 Å². The molecular weight excluding hydrogens is 453 g/mol. The molecule has 1 amide bonds. The number of halogens is 4. The van der Waals surface area contributed by atoms with Crippen LogP contribution < -0.4 is 10.6 Å². The van der Waals surface area contributed by atoms with E-state index in [0.29, 0.717) is 43.2 Å². The second kappa shape index (κ2) is 10.4. The Morgan fingerprint density at radius 3 is 2.55 bits per heavy atom. The van der Waals surface area contributed by atoms with Gasteiger partial charge < -0.3 is 15.5 Å². The third kappa shape index (κ3) is 6.06. The Labute approximate surface area is 196 Å². The Morgan fingerprint density at radius 2 is 1.85 bits per heavy atom. The van der Waals surface area contributed by atoms with Crippen LogP contribution in [0.1, 0.15) is 23.1 Å². The Balaban J connectivity index is 1.46. The fraction of sp³-hybridized carbons (Fsp3) is 0.458. The van der Waals surface area contributed by atoms with E-state index in [0.717, 1.165) is 30.8 Å². The van der Waals surface area contributed by atoms with Crippen LogP contribution in [0.25, 0.3) is 0 Å². The number of nitrogens with one attached hydrogen (secondary N) is 2. The van der Waals surface area contributed by atoms with E-state index in [1.165, 1.54) is 6.07 Å². The molecule has 2 aliphatic heterocycles. The van der Waals surface area contributed by atoms with Crippen LogP contribution in [0.15, 0.2) is 48.5 Å². The summed E-state index contributed by atoms with van der Waals surface area (Å²) in [5.41, 5.74) is 0.808. The Bertz CT molecular complexity index is 950. The number of piperazine rings is 1. The van der Waals surface area contributed by atoms with E-state index < -0.39 is 11.7 Å². The summed E-state index contributed by atoms with van der Waals surface area (Å²) in [6.45, 7) is 4.43. The first-order valence-electron chi connectivity index (χ1n) is 11.2. The van der Waals surface area contributed by atoms with Gasteiger partial charge in [-0.15, -0.1) is 0 Å². The number of benzene rings is 2. The zero-order valence-corrected chi connectivity index (χ0v) is 19.0. The fourth-order valence-corrected chi connectivity index (χ4v) is 4.72. The highest BCUT2D eigenvalue weighted by Gasteiger charge is 2.39. The molecule has 2 atom stereocenters. The van der Waals surface area contributed by atoms with Gasteiger partial charge in [0.25, 0.3) is 0 Å². The summed E-state index contributed by atoms with van der Waals surface area (Å²) in [4.78, 5) is 17.4. The van der Waals surface area contributed by atoms with E-state index in [-0.39, 0.29) is 24.5 Å². The van der Waals surface area contributed by atoms with Crippen LogP contribution in [0.5, 0.6) is 0 Å². The van der Waals surface area contributed by atoms with Crippen molar-refractivity contribution in [2.24, 2.45) is 0 Å². The molecule has 178 valence electrons. The van der Waals surface area contributed by atoms with Crippen molar-refractivity contribution in [2.45, 2.75) is 37.8 Å². The molecule has 2 heterocycles. The van der Waals surface area contributed by atoms with Gasteiger partial charge in [-0.25, -0.2) is 0 Å². The third-order valence-corrected chi connectivity index (χ3v) is 6.67. The molecule has 0 unspecified atom stereocenters. The predicted octanol–water partition coefficient (Wildman–Crippen LogP) is 3.52. The van der Waals surface area contributed by atoms with Crippen molar-refractivity contribution in [3.05, 3.63) is 70.2 Å². The molecule has 5 nitrogen and oxygen atoms in total. The van der Waals surface area contributed by atoms with Gasteiger partial charge in [0.1, 0.15) is 0 Å². The number of alkyl halides is 3. The van der Waals surface area contributed by atoms with E-state index >= 15 is 0 Å².